The van der Waals surface area contributed by atoms with Crippen LogP contribution in [0.15, 0.2) is 53.7 Å². The first-order chi connectivity index (χ1) is 12.3. The predicted molar refractivity (Wildman–Crippen MR) is 103 cm³/mol. The molecule has 1 atom stereocenters. The van der Waals surface area contributed by atoms with Crippen LogP contribution in [0, 0.1) is 6.92 Å². The van der Waals surface area contributed by atoms with Gasteiger partial charge in [-0.15, -0.1) is 10.2 Å². The number of benzene rings is 2. The van der Waals surface area contributed by atoms with Crippen LogP contribution in [0.4, 0.5) is 0 Å². The average Bonchev–Trinajstić information content (AvgIpc) is 3.06. The fraction of sp³-hybridized carbons (Fsp3) is 0.263. The molecule has 26 heavy (non-hydrogen) atoms. The highest BCUT2D eigenvalue weighted by Gasteiger charge is 2.31. The lowest BCUT2D eigenvalue weighted by molar-refractivity contribution is 0.559. The fourth-order valence-electron chi connectivity index (χ4n) is 2.89. The molecule has 5 nitrogen and oxygen atoms in total. The van der Waals surface area contributed by atoms with Crippen LogP contribution < -0.4 is 0 Å². The van der Waals surface area contributed by atoms with Crippen LogP contribution in [0.2, 0.25) is 5.02 Å². The van der Waals surface area contributed by atoms with Crippen molar-refractivity contribution >= 4 is 21.4 Å². The third kappa shape index (κ3) is 3.39. The van der Waals surface area contributed by atoms with Gasteiger partial charge in [0.05, 0.1) is 5.25 Å². The van der Waals surface area contributed by atoms with Gasteiger partial charge in [-0.1, -0.05) is 53.6 Å². The van der Waals surface area contributed by atoms with Crippen molar-refractivity contribution in [1.82, 2.24) is 14.8 Å². The van der Waals surface area contributed by atoms with Crippen molar-refractivity contribution < 1.29 is 8.42 Å². The number of aromatic nitrogens is 3. The SMILES string of the molecule is CCn1c(-c2cccc(Cl)c2)nnc1S(=O)(=O)[C@H](C)c1cccc(C)c1. The van der Waals surface area contributed by atoms with E-state index in [1.165, 1.54) is 0 Å². The summed E-state index contributed by atoms with van der Waals surface area (Å²) in [6.45, 7) is 5.92. The number of sulfone groups is 1. The van der Waals surface area contributed by atoms with Gasteiger partial charge >= 0.3 is 0 Å². The van der Waals surface area contributed by atoms with Crippen molar-refractivity contribution in [3.05, 3.63) is 64.7 Å². The Morgan fingerprint density at radius 3 is 2.50 bits per heavy atom. The van der Waals surface area contributed by atoms with Gasteiger partial charge in [0, 0.05) is 17.1 Å². The summed E-state index contributed by atoms with van der Waals surface area (Å²) in [5.41, 5.74) is 2.48. The van der Waals surface area contributed by atoms with Gasteiger partial charge in [-0.2, -0.15) is 0 Å². The summed E-state index contributed by atoms with van der Waals surface area (Å²) in [7, 11) is -3.69. The summed E-state index contributed by atoms with van der Waals surface area (Å²) in [5.74, 6) is 0.491. The van der Waals surface area contributed by atoms with Gasteiger partial charge in [0.25, 0.3) is 5.16 Å². The predicted octanol–water partition coefficient (Wildman–Crippen LogP) is 4.46. The molecule has 136 valence electrons. The second-order valence-corrected chi connectivity index (χ2v) is 8.76. The Labute approximate surface area is 158 Å². The van der Waals surface area contributed by atoms with Gasteiger partial charge in [0.1, 0.15) is 0 Å². The van der Waals surface area contributed by atoms with E-state index in [4.69, 9.17) is 11.6 Å². The molecule has 0 N–H and O–H groups in total. The quantitative estimate of drug-likeness (QED) is 0.646. The molecule has 3 aromatic rings. The molecule has 1 heterocycles. The molecule has 0 aliphatic carbocycles. The minimum atomic E-state index is -3.69. The van der Waals surface area contributed by atoms with Crippen LogP contribution in [0.3, 0.4) is 0 Å². The molecule has 0 aliphatic heterocycles. The van der Waals surface area contributed by atoms with E-state index in [0.717, 1.165) is 16.7 Å². The molecule has 0 bridgehead atoms. The summed E-state index contributed by atoms with van der Waals surface area (Å²) in [6.07, 6.45) is 0. The van der Waals surface area contributed by atoms with Gasteiger partial charge in [-0.25, -0.2) is 8.42 Å². The zero-order valence-electron chi connectivity index (χ0n) is 14.8. The lowest BCUT2D eigenvalue weighted by atomic mass is 10.1. The molecule has 0 saturated heterocycles. The summed E-state index contributed by atoms with van der Waals surface area (Å²) in [6, 6.07) is 14.6. The average molecular weight is 390 g/mol. The lowest BCUT2D eigenvalue weighted by Gasteiger charge is -2.14. The van der Waals surface area contributed by atoms with Crippen molar-refractivity contribution in [2.45, 2.75) is 37.7 Å². The van der Waals surface area contributed by atoms with E-state index in [1.807, 2.05) is 44.2 Å². The third-order valence-corrected chi connectivity index (χ3v) is 6.60. The maximum atomic E-state index is 13.2. The maximum Gasteiger partial charge on any atom is 0.250 e. The fourth-order valence-corrected chi connectivity index (χ4v) is 4.57. The zero-order valence-corrected chi connectivity index (χ0v) is 16.4. The van der Waals surface area contributed by atoms with Crippen LogP contribution in [-0.2, 0) is 16.4 Å². The summed E-state index contributed by atoms with van der Waals surface area (Å²) >= 11 is 6.06. The Morgan fingerprint density at radius 1 is 1.12 bits per heavy atom. The Balaban J connectivity index is 2.09. The van der Waals surface area contributed by atoms with Crippen LogP contribution in [0.1, 0.15) is 30.2 Å². The highest BCUT2D eigenvalue weighted by atomic mass is 35.5. The van der Waals surface area contributed by atoms with Crippen molar-refractivity contribution in [2.75, 3.05) is 0 Å². The van der Waals surface area contributed by atoms with Crippen molar-refractivity contribution in [1.29, 1.82) is 0 Å². The summed E-state index contributed by atoms with van der Waals surface area (Å²) in [4.78, 5) is 0. The van der Waals surface area contributed by atoms with Crippen LogP contribution in [0.25, 0.3) is 11.4 Å². The standard InChI is InChI=1S/C19H20ClN3O2S/c1-4-23-18(16-9-6-10-17(20)12-16)21-22-19(23)26(24,25)14(3)15-8-5-7-13(2)11-15/h5-12,14H,4H2,1-3H3/t14-/m1/s1. The van der Waals surface area contributed by atoms with E-state index in [1.54, 1.807) is 29.7 Å². The minimum Gasteiger partial charge on any atom is -0.298 e. The number of hydrogen-bond donors (Lipinski definition) is 0. The number of halogens is 1. The topological polar surface area (TPSA) is 64.8 Å². The normalized spacial score (nSPS) is 12.9. The maximum absolute atomic E-state index is 13.2. The molecular formula is C19H20ClN3O2S. The molecule has 0 aliphatic rings. The first-order valence-corrected chi connectivity index (χ1v) is 10.3. The molecule has 0 saturated carbocycles. The Morgan fingerprint density at radius 2 is 1.85 bits per heavy atom. The minimum absolute atomic E-state index is 0.0241. The zero-order chi connectivity index (χ0) is 18.9. The van der Waals surface area contributed by atoms with Gasteiger partial charge in [0.2, 0.25) is 9.84 Å². The smallest absolute Gasteiger partial charge is 0.250 e. The molecule has 0 radical (unpaired) electrons. The van der Waals surface area contributed by atoms with Gasteiger partial charge in [-0.3, -0.25) is 4.57 Å². The van der Waals surface area contributed by atoms with E-state index in [-0.39, 0.29) is 5.16 Å². The molecule has 2 aromatic carbocycles. The number of aryl methyl sites for hydroxylation is 1. The first-order valence-electron chi connectivity index (χ1n) is 8.34. The molecule has 7 heteroatoms. The van der Waals surface area contributed by atoms with Gasteiger partial charge in [-0.05, 0) is 38.5 Å². The Kier molecular flexibility index (Phi) is 5.16. The number of rotatable bonds is 5. The highest BCUT2D eigenvalue weighted by Crippen LogP contribution is 2.30. The molecular weight excluding hydrogens is 370 g/mol. The second-order valence-electron chi connectivity index (χ2n) is 6.16. The van der Waals surface area contributed by atoms with Crippen LogP contribution in [0.5, 0.6) is 0 Å². The monoisotopic (exact) mass is 389 g/mol. The van der Waals surface area contributed by atoms with Crippen LogP contribution in [-0.4, -0.2) is 23.2 Å². The molecule has 3 rings (SSSR count). The lowest BCUT2D eigenvalue weighted by Crippen LogP contribution is -2.17. The van der Waals surface area contributed by atoms with E-state index in [2.05, 4.69) is 10.2 Å². The highest BCUT2D eigenvalue weighted by molar-refractivity contribution is 7.91. The third-order valence-electron chi connectivity index (χ3n) is 4.35. The largest absolute Gasteiger partial charge is 0.298 e. The molecule has 0 unspecified atom stereocenters. The van der Waals surface area contributed by atoms with Crippen molar-refractivity contribution in [2.24, 2.45) is 0 Å². The summed E-state index contributed by atoms with van der Waals surface area (Å²) in [5, 5.41) is 7.97. The summed E-state index contributed by atoms with van der Waals surface area (Å²) < 4.78 is 28.0. The van der Waals surface area contributed by atoms with Gasteiger partial charge in [0.15, 0.2) is 5.82 Å². The molecule has 0 spiro atoms. The van der Waals surface area contributed by atoms with Gasteiger partial charge < -0.3 is 0 Å². The van der Waals surface area contributed by atoms with E-state index >= 15 is 0 Å². The van der Waals surface area contributed by atoms with E-state index < -0.39 is 15.1 Å². The Hall–Kier alpha value is -2.18. The van der Waals surface area contributed by atoms with Crippen molar-refractivity contribution in [3.63, 3.8) is 0 Å². The first kappa shape index (κ1) is 18.6. The molecule has 0 fully saturated rings. The van der Waals surface area contributed by atoms with Crippen molar-refractivity contribution in [3.8, 4) is 11.4 Å². The Bertz CT molecular complexity index is 1040. The molecule has 1 aromatic heterocycles. The number of nitrogens with zero attached hydrogens (tertiary/aromatic N) is 3. The van der Waals surface area contributed by atoms with E-state index in [9.17, 15) is 8.42 Å². The second kappa shape index (κ2) is 7.21. The number of hydrogen-bond acceptors (Lipinski definition) is 4. The molecule has 0 amide bonds. The van der Waals surface area contributed by atoms with E-state index in [0.29, 0.717) is 17.4 Å². The van der Waals surface area contributed by atoms with Crippen LogP contribution >= 0.6 is 11.6 Å².